The molecule has 6 nitrogen and oxygen atoms in total. The highest BCUT2D eigenvalue weighted by Gasteiger charge is 2.13. The predicted molar refractivity (Wildman–Crippen MR) is 105 cm³/mol. The van der Waals surface area contributed by atoms with Gasteiger partial charge < -0.3 is 10.7 Å². The maximum atomic E-state index is 11.3. The molecule has 0 spiro atoms. The Morgan fingerprint density at radius 3 is 2.62 bits per heavy atom. The lowest BCUT2D eigenvalue weighted by atomic mass is 10.1. The zero-order valence-electron chi connectivity index (χ0n) is 13.8. The van der Waals surface area contributed by atoms with Crippen LogP contribution in [-0.2, 0) is 0 Å². The third kappa shape index (κ3) is 2.97. The third-order valence-electron chi connectivity index (χ3n) is 4.07. The SMILES string of the molecule is Cc1ccc2nc(-c3nc(-c4ccc(C(=O)Br)cc4)cnc3N)[nH]c2c1. The van der Waals surface area contributed by atoms with E-state index in [9.17, 15) is 4.79 Å². The number of aromatic nitrogens is 4. The molecule has 4 rings (SSSR count). The average molecular weight is 408 g/mol. The third-order valence-corrected chi connectivity index (χ3v) is 4.53. The summed E-state index contributed by atoms with van der Waals surface area (Å²) in [6.07, 6.45) is 1.61. The fourth-order valence-corrected chi connectivity index (χ4v) is 2.98. The van der Waals surface area contributed by atoms with E-state index in [0.717, 1.165) is 22.2 Å². The number of carbonyl (C=O) groups excluding carboxylic acids is 1. The highest BCUT2D eigenvalue weighted by molar-refractivity contribution is 9.18. The fraction of sp³-hybridized carbons (Fsp3) is 0.0526. The Morgan fingerprint density at radius 1 is 1.12 bits per heavy atom. The number of nitrogens with two attached hydrogens (primary N) is 1. The number of nitrogens with zero attached hydrogens (tertiary/aromatic N) is 3. The van der Waals surface area contributed by atoms with E-state index >= 15 is 0 Å². The molecule has 0 saturated carbocycles. The van der Waals surface area contributed by atoms with Crippen molar-refractivity contribution in [3.05, 3.63) is 59.8 Å². The van der Waals surface area contributed by atoms with Crippen LogP contribution in [-0.4, -0.2) is 24.6 Å². The minimum Gasteiger partial charge on any atom is -0.382 e. The van der Waals surface area contributed by atoms with Crippen LogP contribution in [0.15, 0.2) is 48.7 Å². The van der Waals surface area contributed by atoms with Gasteiger partial charge in [0, 0.05) is 11.1 Å². The van der Waals surface area contributed by atoms with Crippen molar-refractivity contribution in [3.8, 4) is 22.8 Å². The van der Waals surface area contributed by atoms with Crippen LogP contribution >= 0.6 is 15.9 Å². The average Bonchev–Trinajstić information content (AvgIpc) is 3.05. The number of nitrogen functional groups attached to an aromatic ring is 1. The van der Waals surface area contributed by atoms with Crippen molar-refractivity contribution in [2.24, 2.45) is 0 Å². The number of halogens is 1. The van der Waals surface area contributed by atoms with E-state index in [1.807, 2.05) is 37.3 Å². The second-order valence-corrected chi connectivity index (χ2v) is 6.67. The van der Waals surface area contributed by atoms with Crippen molar-refractivity contribution in [1.29, 1.82) is 0 Å². The summed E-state index contributed by atoms with van der Waals surface area (Å²) in [6, 6.07) is 13.1. The minimum atomic E-state index is -0.161. The molecule has 4 aromatic rings. The Balaban J connectivity index is 1.79. The molecule has 26 heavy (non-hydrogen) atoms. The van der Waals surface area contributed by atoms with Crippen molar-refractivity contribution < 1.29 is 4.79 Å². The topological polar surface area (TPSA) is 97.6 Å². The summed E-state index contributed by atoms with van der Waals surface area (Å²) in [5, 5.41) is 0. The van der Waals surface area contributed by atoms with E-state index in [-0.39, 0.29) is 4.69 Å². The first-order valence-corrected chi connectivity index (χ1v) is 8.70. The summed E-state index contributed by atoms with van der Waals surface area (Å²) in [6.45, 7) is 2.02. The largest absolute Gasteiger partial charge is 0.382 e. The molecule has 0 unspecified atom stereocenters. The van der Waals surface area contributed by atoms with E-state index < -0.39 is 0 Å². The lowest BCUT2D eigenvalue weighted by molar-refractivity contribution is 0.109. The fourth-order valence-electron chi connectivity index (χ4n) is 2.72. The summed E-state index contributed by atoms with van der Waals surface area (Å²) in [7, 11) is 0. The molecule has 0 radical (unpaired) electrons. The van der Waals surface area contributed by atoms with Gasteiger partial charge in [0.25, 0.3) is 0 Å². The number of aryl methyl sites for hydroxylation is 1. The molecular weight excluding hydrogens is 394 g/mol. The Morgan fingerprint density at radius 2 is 1.88 bits per heavy atom. The van der Waals surface area contributed by atoms with Gasteiger partial charge in [-0.3, -0.25) is 4.79 Å². The van der Waals surface area contributed by atoms with E-state index in [0.29, 0.717) is 28.6 Å². The second kappa shape index (κ2) is 6.34. The normalized spacial score (nSPS) is 11.0. The van der Waals surface area contributed by atoms with Gasteiger partial charge >= 0.3 is 0 Å². The summed E-state index contributed by atoms with van der Waals surface area (Å²) < 4.78 is -0.161. The summed E-state index contributed by atoms with van der Waals surface area (Å²) in [4.78, 5) is 28.0. The minimum absolute atomic E-state index is 0.161. The molecular formula is C19H14BrN5O. The molecule has 0 aliphatic carbocycles. The number of carbonyl (C=O) groups is 1. The summed E-state index contributed by atoms with van der Waals surface area (Å²) >= 11 is 2.94. The van der Waals surface area contributed by atoms with Crippen molar-refractivity contribution in [1.82, 2.24) is 19.9 Å². The van der Waals surface area contributed by atoms with Gasteiger partial charge in [0.1, 0.15) is 5.69 Å². The number of hydrogen-bond donors (Lipinski definition) is 2. The van der Waals surface area contributed by atoms with Crippen LogP contribution in [0.2, 0.25) is 0 Å². The maximum absolute atomic E-state index is 11.3. The number of imidazole rings is 1. The molecule has 0 saturated heterocycles. The number of fused-ring (bicyclic) bond motifs is 1. The maximum Gasteiger partial charge on any atom is 0.228 e. The number of anilines is 1. The van der Waals surface area contributed by atoms with Gasteiger partial charge in [0.05, 0.1) is 22.9 Å². The van der Waals surface area contributed by atoms with Gasteiger partial charge in [0.15, 0.2) is 11.6 Å². The molecule has 128 valence electrons. The lowest BCUT2D eigenvalue weighted by Crippen LogP contribution is -2.00. The number of benzene rings is 2. The second-order valence-electron chi connectivity index (χ2n) is 5.95. The van der Waals surface area contributed by atoms with E-state index in [4.69, 9.17) is 5.73 Å². The number of rotatable bonds is 3. The standard InChI is InChI=1S/C19H14BrN5O/c1-10-2-7-13-14(8-10)25-19(24-13)16-18(21)22-9-15(23-16)11-3-5-12(6-4-11)17(20)26/h2-9H,1H3,(H2,21,22)(H,24,25). The molecule has 2 heterocycles. The first-order valence-electron chi connectivity index (χ1n) is 7.91. The Hall–Kier alpha value is -3.06. The number of hydrogen-bond acceptors (Lipinski definition) is 5. The molecule has 2 aromatic heterocycles. The first kappa shape index (κ1) is 16.4. The van der Waals surface area contributed by atoms with Gasteiger partial charge in [-0.15, -0.1) is 0 Å². The van der Waals surface area contributed by atoms with Crippen molar-refractivity contribution >= 4 is 37.5 Å². The van der Waals surface area contributed by atoms with E-state index in [2.05, 4.69) is 35.9 Å². The first-order chi connectivity index (χ1) is 12.5. The Labute approximate surface area is 157 Å². The van der Waals surface area contributed by atoms with Gasteiger partial charge in [-0.05, 0) is 52.7 Å². The van der Waals surface area contributed by atoms with Gasteiger partial charge in [0.2, 0.25) is 4.69 Å². The van der Waals surface area contributed by atoms with Crippen LogP contribution in [0.25, 0.3) is 33.8 Å². The zero-order chi connectivity index (χ0) is 18.3. The predicted octanol–water partition coefficient (Wildman–Crippen LogP) is 4.11. The highest BCUT2D eigenvalue weighted by atomic mass is 79.9. The van der Waals surface area contributed by atoms with Crippen LogP contribution in [0.3, 0.4) is 0 Å². The van der Waals surface area contributed by atoms with Crippen molar-refractivity contribution in [2.45, 2.75) is 6.92 Å². The van der Waals surface area contributed by atoms with Crippen LogP contribution < -0.4 is 5.73 Å². The number of aromatic amines is 1. The highest BCUT2D eigenvalue weighted by Crippen LogP contribution is 2.26. The molecule has 0 bridgehead atoms. The monoisotopic (exact) mass is 407 g/mol. The number of nitrogens with one attached hydrogen (secondary N) is 1. The van der Waals surface area contributed by atoms with Crippen molar-refractivity contribution in [3.63, 3.8) is 0 Å². The molecule has 3 N–H and O–H groups in total. The zero-order valence-corrected chi connectivity index (χ0v) is 15.4. The van der Waals surface area contributed by atoms with Gasteiger partial charge in [-0.25, -0.2) is 15.0 Å². The summed E-state index contributed by atoms with van der Waals surface area (Å²) in [5.41, 5.74) is 11.5. The van der Waals surface area contributed by atoms with Crippen LogP contribution in [0.1, 0.15) is 15.9 Å². The smallest absolute Gasteiger partial charge is 0.228 e. The molecule has 0 amide bonds. The van der Waals surface area contributed by atoms with Gasteiger partial charge in [-0.2, -0.15) is 0 Å². The van der Waals surface area contributed by atoms with Crippen LogP contribution in [0, 0.1) is 6.92 Å². The number of H-pyrrole nitrogens is 1. The van der Waals surface area contributed by atoms with Crippen molar-refractivity contribution in [2.75, 3.05) is 5.73 Å². The molecule has 0 aliphatic heterocycles. The van der Waals surface area contributed by atoms with E-state index in [1.165, 1.54) is 0 Å². The lowest BCUT2D eigenvalue weighted by Gasteiger charge is -2.05. The van der Waals surface area contributed by atoms with E-state index in [1.54, 1.807) is 18.3 Å². The Bertz CT molecular complexity index is 1130. The Kier molecular flexibility index (Phi) is 4.00. The molecule has 0 atom stereocenters. The molecule has 2 aromatic carbocycles. The van der Waals surface area contributed by atoms with Crippen LogP contribution in [0.4, 0.5) is 5.82 Å². The van der Waals surface area contributed by atoms with Crippen LogP contribution in [0.5, 0.6) is 0 Å². The molecule has 0 fully saturated rings. The summed E-state index contributed by atoms with van der Waals surface area (Å²) in [5.74, 6) is 0.876. The molecule has 0 aliphatic rings. The van der Waals surface area contributed by atoms with Gasteiger partial charge in [-0.1, -0.05) is 18.2 Å². The molecule has 7 heteroatoms. The quantitative estimate of drug-likeness (QED) is 0.497.